The van der Waals surface area contributed by atoms with Crippen molar-refractivity contribution in [2.75, 3.05) is 6.61 Å². The molecule has 1 aliphatic rings. The number of aliphatic hydroxyl groups is 2. The van der Waals surface area contributed by atoms with Gasteiger partial charge in [-0.05, 0) is 16.7 Å². The topological polar surface area (TPSA) is 133 Å². The lowest BCUT2D eigenvalue weighted by Crippen LogP contribution is -2.41. The average molecular weight is 289 g/mol. The molecule has 1 aliphatic heterocycles. The number of aliphatic hydroxyl groups excluding tert-OH is 2. The normalized spacial score (nSPS) is 28.1. The summed E-state index contributed by atoms with van der Waals surface area (Å²) in [6, 6.07) is 1.04. The van der Waals surface area contributed by atoms with Crippen molar-refractivity contribution in [1.29, 1.82) is 0 Å². The molecule has 11 heteroatoms. The number of alkyl halides is 2. The zero-order valence-electron chi connectivity index (χ0n) is 9.80. The van der Waals surface area contributed by atoms with Crippen LogP contribution in [0.3, 0.4) is 0 Å². The minimum atomic E-state index is -3.78. The maximum atomic E-state index is 13.8. The first-order chi connectivity index (χ1) is 9.41. The Morgan fingerprint density at radius 2 is 2.35 bits per heavy atom. The van der Waals surface area contributed by atoms with Crippen molar-refractivity contribution >= 4 is 5.82 Å². The molecular formula is C9H9F2N5O4. The van der Waals surface area contributed by atoms with Crippen LogP contribution in [0.25, 0.3) is 10.4 Å². The van der Waals surface area contributed by atoms with Crippen LogP contribution < -0.4 is 5.69 Å². The van der Waals surface area contributed by atoms with E-state index >= 15 is 0 Å². The summed E-state index contributed by atoms with van der Waals surface area (Å²) < 4.78 is 32.8. The Morgan fingerprint density at radius 1 is 1.65 bits per heavy atom. The number of hydrogen-bond acceptors (Lipinski definition) is 6. The van der Waals surface area contributed by atoms with E-state index in [0.717, 1.165) is 12.3 Å². The molecule has 1 aromatic heterocycles. The second kappa shape index (κ2) is 5.13. The van der Waals surface area contributed by atoms with Crippen LogP contribution >= 0.6 is 0 Å². The van der Waals surface area contributed by atoms with E-state index in [1.807, 2.05) is 0 Å². The van der Waals surface area contributed by atoms with Crippen LogP contribution in [0.5, 0.6) is 0 Å². The smallest absolute Gasteiger partial charge is 0.350 e. The molecule has 0 bridgehead atoms. The van der Waals surface area contributed by atoms with Gasteiger partial charge in [-0.1, -0.05) is 0 Å². The quantitative estimate of drug-likeness (QED) is 0.461. The van der Waals surface area contributed by atoms with Gasteiger partial charge in [-0.2, -0.15) is 13.8 Å². The number of rotatable bonds is 3. The van der Waals surface area contributed by atoms with Crippen molar-refractivity contribution in [3.63, 3.8) is 0 Å². The van der Waals surface area contributed by atoms with Crippen LogP contribution in [0.4, 0.5) is 14.6 Å². The molecule has 0 aromatic carbocycles. The average Bonchev–Trinajstić information content (AvgIpc) is 2.62. The van der Waals surface area contributed by atoms with Crippen molar-refractivity contribution in [3.05, 3.63) is 33.2 Å². The second-order valence-electron chi connectivity index (χ2n) is 3.99. The lowest BCUT2D eigenvalue weighted by atomic mass is 10.1. The Bertz CT molecular complexity index is 615. The van der Waals surface area contributed by atoms with Crippen molar-refractivity contribution in [1.82, 2.24) is 9.55 Å². The van der Waals surface area contributed by atoms with E-state index in [9.17, 15) is 18.7 Å². The number of ether oxygens (including phenoxy) is 1. The van der Waals surface area contributed by atoms with Gasteiger partial charge in [-0.25, -0.2) is 4.79 Å². The highest BCUT2D eigenvalue weighted by atomic mass is 19.3. The Hall–Kier alpha value is -2.07. The van der Waals surface area contributed by atoms with Crippen LogP contribution in [0, 0.1) is 0 Å². The molecule has 1 aromatic rings. The van der Waals surface area contributed by atoms with Gasteiger partial charge in [0.05, 0.1) is 6.61 Å². The van der Waals surface area contributed by atoms with E-state index in [-0.39, 0.29) is 5.82 Å². The first kappa shape index (κ1) is 14.3. The molecule has 0 radical (unpaired) electrons. The van der Waals surface area contributed by atoms with E-state index in [2.05, 4.69) is 15.0 Å². The summed E-state index contributed by atoms with van der Waals surface area (Å²) in [5.74, 6) is -4.06. The predicted molar refractivity (Wildman–Crippen MR) is 59.3 cm³/mol. The van der Waals surface area contributed by atoms with Crippen LogP contribution in [-0.4, -0.2) is 44.5 Å². The predicted octanol–water partition coefficient (Wildman–Crippen LogP) is 0.0710. The largest absolute Gasteiger partial charge is 0.394 e. The fourth-order valence-corrected chi connectivity index (χ4v) is 1.80. The number of nitrogens with zero attached hydrogens (tertiary/aromatic N) is 5. The Morgan fingerprint density at radius 3 is 2.85 bits per heavy atom. The SMILES string of the molecule is [N-]=[N+]=Nc1ccn([C@@H]2O[C@H](CO)[C@@H](O)C2(F)F)c(=O)n1. The molecule has 2 N–H and O–H groups in total. The fraction of sp³-hybridized carbons (Fsp3) is 0.556. The van der Waals surface area contributed by atoms with Gasteiger partial charge in [-0.15, -0.1) is 0 Å². The van der Waals surface area contributed by atoms with Crippen LogP contribution in [0.15, 0.2) is 22.2 Å². The van der Waals surface area contributed by atoms with Gasteiger partial charge in [0.1, 0.15) is 11.9 Å². The molecule has 2 rings (SSSR count). The molecule has 0 spiro atoms. The number of aromatic nitrogens is 2. The Balaban J connectivity index is 2.42. The molecule has 0 amide bonds. The van der Waals surface area contributed by atoms with Crippen LogP contribution in [-0.2, 0) is 4.74 Å². The third-order valence-electron chi connectivity index (χ3n) is 2.77. The fourth-order valence-electron chi connectivity index (χ4n) is 1.80. The van der Waals surface area contributed by atoms with Crippen LogP contribution in [0.2, 0.25) is 0 Å². The van der Waals surface area contributed by atoms with Crippen LogP contribution in [0.1, 0.15) is 6.23 Å². The van der Waals surface area contributed by atoms with Gasteiger partial charge in [0.15, 0.2) is 6.10 Å². The molecule has 9 nitrogen and oxygen atoms in total. The number of azide groups is 1. The number of hydrogen-bond donors (Lipinski definition) is 2. The first-order valence-electron chi connectivity index (χ1n) is 5.38. The van der Waals surface area contributed by atoms with Gasteiger partial charge in [0, 0.05) is 11.1 Å². The molecule has 0 aliphatic carbocycles. The summed E-state index contributed by atoms with van der Waals surface area (Å²) in [5.41, 5.74) is 7.05. The molecule has 108 valence electrons. The van der Waals surface area contributed by atoms with E-state index in [1.165, 1.54) is 0 Å². The van der Waals surface area contributed by atoms with Gasteiger partial charge in [0.25, 0.3) is 0 Å². The molecule has 2 heterocycles. The van der Waals surface area contributed by atoms with Gasteiger partial charge >= 0.3 is 11.6 Å². The maximum absolute atomic E-state index is 13.8. The Kier molecular flexibility index (Phi) is 3.68. The minimum Gasteiger partial charge on any atom is -0.394 e. The lowest BCUT2D eigenvalue weighted by Gasteiger charge is -2.20. The Labute approximate surface area is 109 Å². The van der Waals surface area contributed by atoms with E-state index in [4.69, 9.17) is 15.4 Å². The maximum Gasteiger partial charge on any atom is 0.350 e. The van der Waals surface area contributed by atoms with Crippen molar-refractivity contribution in [2.24, 2.45) is 5.11 Å². The van der Waals surface area contributed by atoms with E-state index < -0.39 is 36.7 Å². The van der Waals surface area contributed by atoms with E-state index in [1.54, 1.807) is 0 Å². The molecule has 0 saturated carbocycles. The molecule has 3 atom stereocenters. The lowest BCUT2D eigenvalue weighted by molar-refractivity contribution is -0.140. The molecule has 1 fully saturated rings. The highest BCUT2D eigenvalue weighted by molar-refractivity contribution is 5.23. The highest BCUT2D eigenvalue weighted by Crippen LogP contribution is 2.41. The summed E-state index contributed by atoms with van der Waals surface area (Å²) in [6.07, 6.45) is -4.96. The zero-order chi connectivity index (χ0) is 14.9. The summed E-state index contributed by atoms with van der Waals surface area (Å²) in [7, 11) is 0. The number of halogens is 2. The molecular weight excluding hydrogens is 280 g/mol. The zero-order valence-corrected chi connectivity index (χ0v) is 9.80. The van der Waals surface area contributed by atoms with Crippen molar-refractivity contribution in [3.8, 4) is 0 Å². The van der Waals surface area contributed by atoms with Gasteiger partial charge in [-0.3, -0.25) is 4.57 Å². The monoisotopic (exact) mass is 289 g/mol. The summed E-state index contributed by atoms with van der Waals surface area (Å²) >= 11 is 0. The third-order valence-corrected chi connectivity index (χ3v) is 2.77. The first-order valence-corrected chi connectivity index (χ1v) is 5.38. The van der Waals surface area contributed by atoms with Gasteiger partial charge in [0.2, 0.25) is 6.23 Å². The standard InChI is InChI=1S/C9H9F2N5O4/c10-9(11)6(18)4(3-17)20-7(9)16-2-1-5(14-15-12)13-8(16)19/h1-2,4,6-7,17-18H,3H2/t4-,6-,7-/m1/s1. The molecule has 1 saturated heterocycles. The second-order valence-corrected chi connectivity index (χ2v) is 3.99. The molecule has 20 heavy (non-hydrogen) atoms. The summed E-state index contributed by atoms with van der Waals surface area (Å²) in [5, 5.41) is 21.2. The highest BCUT2D eigenvalue weighted by Gasteiger charge is 2.59. The van der Waals surface area contributed by atoms with Crippen molar-refractivity contribution < 1.29 is 23.7 Å². The van der Waals surface area contributed by atoms with Gasteiger partial charge < -0.3 is 14.9 Å². The molecule has 0 unspecified atom stereocenters. The van der Waals surface area contributed by atoms with E-state index in [0.29, 0.717) is 4.57 Å². The third kappa shape index (κ3) is 2.23. The minimum absolute atomic E-state index is 0.283. The summed E-state index contributed by atoms with van der Waals surface area (Å²) in [6.45, 7) is -0.827. The summed E-state index contributed by atoms with van der Waals surface area (Å²) in [4.78, 5) is 17.3. The van der Waals surface area contributed by atoms with Crippen molar-refractivity contribution in [2.45, 2.75) is 24.4 Å².